The normalized spacial score (nSPS) is 10.7. The van der Waals surface area contributed by atoms with Gasteiger partial charge in [-0.15, -0.1) is 0 Å². The van der Waals surface area contributed by atoms with Gasteiger partial charge in [-0.25, -0.2) is 0 Å². The van der Waals surface area contributed by atoms with Gasteiger partial charge in [0.2, 0.25) is 0 Å². The molecule has 0 atom stereocenters. The second kappa shape index (κ2) is 7.00. The smallest absolute Gasteiger partial charge is 0.301 e. The van der Waals surface area contributed by atoms with Crippen molar-refractivity contribution in [1.29, 1.82) is 0 Å². The SMILES string of the molecule is O=[N+]([O-])c1ccc(N/N=C\c2ccc(O)c(I)c2)c([N+](=O)[O-])c1. The highest BCUT2D eigenvalue weighted by Crippen LogP contribution is 2.28. The molecule has 9 nitrogen and oxygen atoms in total. The highest BCUT2D eigenvalue weighted by molar-refractivity contribution is 14.1. The van der Waals surface area contributed by atoms with Crippen LogP contribution in [-0.4, -0.2) is 21.2 Å². The van der Waals surface area contributed by atoms with Crippen LogP contribution >= 0.6 is 22.6 Å². The van der Waals surface area contributed by atoms with E-state index < -0.39 is 15.5 Å². The predicted molar refractivity (Wildman–Crippen MR) is 91.8 cm³/mol. The lowest BCUT2D eigenvalue weighted by Gasteiger charge is -2.02. The molecule has 10 heteroatoms. The number of anilines is 1. The average molecular weight is 428 g/mol. The van der Waals surface area contributed by atoms with Crippen molar-refractivity contribution in [3.63, 3.8) is 0 Å². The first-order valence-electron chi connectivity index (χ1n) is 6.09. The van der Waals surface area contributed by atoms with E-state index >= 15 is 0 Å². The van der Waals surface area contributed by atoms with Gasteiger partial charge in [-0.2, -0.15) is 5.10 Å². The maximum atomic E-state index is 11.0. The van der Waals surface area contributed by atoms with E-state index in [1.165, 1.54) is 18.3 Å². The summed E-state index contributed by atoms with van der Waals surface area (Å²) >= 11 is 1.95. The molecule has 0 saturated carbocycles. The molecule has 0 unspecified atom stereocenters. The van der Waals surface area contributed by atoms with Gasteiger partial charge in [0, 0.05) is 6.07 Å². The minimum absolute atomic E-state index is 0.0327. The Bertz CT molecular complexity index is 809. The Kier molecular flexibility index (Phi) is 5.05. The van der Waals surface area contributed by atoms with Gasteiger partial charge in [0.05, 0.1) is 25.7 Å². The zero-order chi connectivity index (χ0) is 17.0. The molecule has 0 aliphatic carbocycles. The van der Waals surface area contributed by atoms with Crippen molar-refractivity contribution in [2.24, 2.45) is 5.10 Å². The Morgan fingerprint density at radius 2 is 1.87 bits per heavy atom. The van der Waals surface area contributed by atoms with Crippen LogP contribution in [0.25, 0.3) is 0 Å². The molecule has 0 heterocycles. The first-order valence-corrected chi connectivity index (χ1v) is 7.17. The fourth-order valence-corrected chi connectivity index (χ4v) is 2.20. The molecule has 2 rings (SSSR count). The lowest BCUT2D eigenvalue weighted by molar-refractivity contribution is -0.393. The highest BCUT2D eigenvalue weighted by Gasteiger charge is 2.19. The van der Waals surface area contributed by atoms with E-state index in [0.29, 0.717) is 9.13 Å². The summed E-state index contributed by atoms with van der Waals surface area (Å²) in [5.41, 5.74) is 2.36. The fraction of sp³-hybridized carbons (Fsp3) is 0. The number of benzene rings is 2. The number of nitrogens with one attached hydrogen (secondary N) is 1. The number of phenols is 1. The lowest BCUT2D eigenvalue weighted by Crippen LogP contribution is -1.98. The zero-order valence-corrected chi connectivity index (χ0v) is 13.5. The maximum Gasteiger partial charge on any atom is 0.301 e. The van der Waals surface area contributed by atoms with Gasteiger partial charge in [-0.1, -0.05) is 0 Å². The number of hydrogen-bond acceptors (Lipinski definition) is 7. The van der Waals surface area contributed by atoms with Crippen LogP contribution in [-0.2, 0) is 0 Å². The van der Waals surface area contributed by atoms with Gasteiger partial charge < -0.3 is 5.11 Å². The van der Waals surface area contributed by atoms with Crippen LogP contribution < -0.4 is 5.43 Å². The lowest BCUT2D eigenvalue weighted by atomic mass is 10.2. The summed E-state index contributed by atoms with van der Waals surface area (Å²) in [5, 5.41) is 34.9. The molecule has 2 aromatic carbocycles. The number of nitrogens with zero attached hydrogens (tertiary/aromatic N) is 3. The zero-order valence-electron chi connectivity index (χ0n) is 11.3. The summed E-state index contributed by atoms with van der Waals surface area (Å²) in [6.45, 7) is 0. The van der Waals surface area contributed by atoms with Gasteiger partial charge in [-0.3, -0.25) is 25.7 Å². The molecule has 0 spiro atoms. The third-order valence-corrected chi connectivity index (χ3v) is 3.62. The standard InChI is InChI=1S/C13H9IN4O5/c14-10-5-8(1-4-13(10)19)7-15-16-11-3-2-9(17(20)21)6-12(11)18(22)23/h1-7,16,19H/b15-7-. The number of rotatable bonds is 5. The Labute approximate surface area is 143 Å². The van der Waals surface area contributed by atoms with E-state index in [1.54, 1.807) is 12.1 Å². The van der Waals surface area contributed by atoms with Crippen LogP contribution in [0.1, 0.15) is 5.56 Å². The van der Waals surface area contributed by atoms with Gasteiger partial charge in [0.1, 0.15) is 11.4 Å². The Morgan fingerprint density at radius 1 is 1.13 bits per heavy atom. The van der Waals surface area contributed by atoms with E-state index in [9.17, 15) is 25.3 Å². The van der Waals surface area contributed by atoms with Crippen LogP contribution in [0.4, 0.5) is 17.1 Å². The first-order chi connectivity index (χ1) is 10.9. The third kappa shape index (κ3) is 4.12. The number of nitro benzene ring substituents is 2. The monoisotopic (exact) mass is 428 g/mol. The minimum Gasteiger partial charge on any atom is -0.507 e. The van der Waals surface area contributed by atoms with Crippen molar-refractivity contribution >= 4 is 45.9 Å². The molecule has 0 aliphatic heterocycles. The molecular formula is C13H9IN4O5. The summed E-state index contributed by atoms with van der Waals surface area (Å²) in [7, 11) is 0. The topological polar surface area (TPSA) is 131 Å². The number of aromatic hydroxyl groups is 1. The van der Waals surface area contributed by atoms with E-state index in [4.69, 9.17) is 0 Å². The van der Waals surface area contributed by atoms with E-state index in [0.717, 1.165) is 12.1 Å². The number of non-ortho nitro benzene ring substituents is 1. The molecule has 0 radical (unpaired) electrons. The van der Waals surface area contributed by atoms with E-state index in [2.05, 4.69) is 10.5 Å². The fourth-order valence-electron chi connectivity index (χ4n) is 1.66. The van der Waals surface area contributed by atoms with Crippen molar-refractivity contribution in [1.82, 2.24) is 0 Å². The molecule has 0 fully saturated rings. The van der Waals surface area contributed by atoms with Gasteiger partial charge >= 0.3 is 5.69 Å². The number of hydrazone groups is 1. The van der Waals surface area contributed by atoms with Gasteiger partial charge in [0.25, 0.3) is 5.69 Å². The molecule has 0 amide bonds. The van der Waals surface area contributed by atoms with Crippen molar-refractivity contribution in [3.8, 4) is 5.75 Å². The second-order valence-corrected chi connectivity index (χ2v) is 5.46. The van der Waals surface area contributed by atoms with E-state index in [1.807, 2.05) is 22.6 Å². The largest absolute Gasteiger partial charge is 0.507 e. The summed E-state index contributed by atoms with van der Waals surface area (Å²) in [4.78, 5) is 20.2. The minimum atomic E-state index is -0.728. The Morgan fingerprint density at radius 3 is 2.48 bits per heavy atom. The van der Waals surface area contributed by atoms with Crippen LogP contribution in [0, 0.1) is 23.8 Å². The molecule has 0 bridgehead atoms. The van der Waals surface area contributed by atoms with E-state index in [-0.39, 0.29) is 17.1 Å². The molecule has 118 valence electrons. The van der Waals surface area contributed by atoms with Crippen molar-refractivity contribution < 1.29 is 15.0 Å². The van der Waals surface area contributed by atoms with Crippen LogP contribution in [0.15, 0.2) is 41.5 Å². The number of phenolic OH excluding ortho intramolecular Hbond substituents is 1. The molecular weight excluding hydrogens is 419 g/mol. The van der Waals surface area contributed by atoms with Crippen molar-refractivity contribution in [2.45, 2.75) is 0 Å². The predicted octanol–water partition coefficient (Wildman–Crippen LogP) is 3.26. The number of hydrogen-bond donors (Lipinski definition) is 2. The maximum absolute atomic E-state index is 11.0. The molecule has 0 saturated heterocycles. The summed E-state index contributed by atoms with van der Waals surface area (Å²) < 4.78 is 0.632. The van der Waals surface area contributed by atoms with Gasteiger partial charge in [-0.05, 0) is 52.4 Å². The highest BCUT2D eigenvalue weighted by atomic mass is 127. The Balaban J connectivity index is 2.22. The van der Waals surface area contributed by atoms with Crippen molar-refractivity contribution in [3.05, 3.63) is 65.8 Å². The average Bonchev–Trinajstić information content (AvgIpc) is 2.50. The van der Waals surface area contributed by atoms with Crippen molar-refractivity contribution in [2.75, 3.05) is 5.43 Å². The summed E-state index contributed by atoms with van der Waals surface area (Å²) in [6, 6.07) is 8.01. The molecule has 23 heavy (non-hydrogen) atoms. The molecule has 2 N–H and O–H groups in total. The number of nitro groups is 2. The molecule has 0 aromatic heterocycles. The van der Waals surface area contributed by atoms with Crippen LogP contribution in [0.5, 0.6) is 5.75 Å². The van der Waals surface area contributed by atoms with Crippen LogP contribution in [0.3, 0.4) is 0 Å². The summed E-state index contributed by atoms with van der Waals surface area (Å²) in [6.07, 6.45) is 1.41. The quantitative estimate of drug-likeness (QED) is 0.325. The first kappa shape index (κ1) is 16.6. The van der Waals surface area contributed by atoms with Crippen LogP contribution in [0.2, 0.25) is 0 Å². The van der Waals surface area contributed by atoms with Gasteiger partial charge in [0.15, 0.2) is 0 Å². The third-order valence-electron chi connectivity index (χ3n) is 2.76. The molecule has 0 aliphatic rings. The Hall–Kier alpha value is -2.76. The number of halogens is 1. The molecule has 2 aromatic rings. The summed E-state index contributed by atoms with van der Waals surface area (Å²) in [5.74, 6) is 0.140. The second-order valence-electron chi connectivity index (χ2n) is 4.30.